The van der Waals surface area contributed by atoms with Crippen molar-refractivity contribution in [2.45, 2.75) is 38.4 Å². The lowest BCUT2D eigenvalue weighted by atomic mass is 10.0. The summed E-state index contributed by atoms with van der Waals surface area (Å²) in [6.45, 7) is 8.49. The number of ether oxygens (including phenoxy) is 3. The number of rotatable bonds is 4. The molecule has 3 aliphatic rings. The summed E-state index contributed by atoms with van der Waals surface area (Å²) >= 11 is 0. The van der Waals surface area contributed by atoms with Crippen LogP contribution in [0.4, 0.5) is 11.4 Å². The summed E-state index contributed by atoms with van der Waals surface area (Å²) < 4.78 is 17.3. The molecule has 1 unspecified atom stereocenters. The molecular weight excluding hydrogens is 382 g/mol. The SMILES string of the molecule is C=CC1=C(/N=C\C)Nc2ccc(C3COCCO3)cc2N(C(=O)[C@H]2CCCCO2)C1. The second-order valence-corrected chi connectivity index (χ2v) is 7.58. The van der Waals surface area contributed by atoms with Crippen LogP contribution in [0, 0.1) is 0 Å². The van der Waals surface area contributed by atoms with Gasteiger partial charge >= 0.3 is 0 Å². The van der Waals surface area contributed by atoms with Crippen molar-refractivity contribution in [2.24, 2.45) is 4.99 Å². The average molecular weight is 412 g/mol. The van der Waals surface area contributed by atoms with Crippen LogP contribution in [0.5, 0.6) is 0 Å². The predicted octanol–water partition coefficient (Wildman–Crippen LogP) is 3.59. The number of benzene rings is 1. The molecule has 0 spiro atoms. The molecule has 4 rings (SSSR count). The number of aliphatic imine (C=N–C) groups is 1. The first kappa shape index (κ1) is 20.8. The van der Waals surface area contributed by atoms with Crippen molar-refractivity contribution in [3.05, 3.63) is 47.8 Å². The first-order valence-electron chi connectivity index (χ1n) is 10.6. The number of nitrogens with one attached hydrogen (secondary N) is 1. The molecule has 30 heavy (non-hydrogen) atoms. The number of hydrogen-bond donors (Lipinski definition) is 1. The summed E-state index contributed by atoms with van der Waals surface area (Å²) in [6, 6.07) is 6.00. The van der Waals surface area contributed by atoms with Crippen LogP contribution < -0.4 is 10.2 Å². The van der Waals surface area contributed by atoms with Crippen LogP contribution in [0.2, 0.25) is 0 Å². The van der Waals surface area contributed by atoms with Crippen molar-refractivity contribution < 1.29 is 19.0 Å². The highest BCUT2D eigenvalue weighted by Crippen LogP contribution is 2.36. The second kappa shape index (κ2) is 9.55. The summed E-state index contributed by atoms with van der Waals surface area (Å²) in [7, 11) is 0. The number of carbonyl (C=O) groups excluding carboxylic acids is 1. The van der Waals surface area contributed by atoms with Gasteiger partial charge in [-0.15, -0.1) is 0 Å². The monoisotopic (exact) mass is 411 g/mol. The Balaban J connectivity index is 1.74. The highest BCUT2D eigenvalue weighted by Gasteiger charge is 2.32. The topological polar surface area (TPSA) is 72.4 Å². The van der Waals surface area contributed by atoms with Crippen LogP contribution >= 0.6 is 0 Å². The van der Waals surface area contributed by atoms with Crippen LogP contribution in [0.15, 0.2) is 47.2 Å². The summed E-state index contributed by atoms with van der Waals surface area (Å²) in [5.74, 6) is 0.662. The molecule has 3 heterocycles. The molecule has 2 atom stereocenters. The third kappa shape index (κ3) is 4.33. The van der Waals surface area contributed by atoms with Crippen molar-refractivity contribution in [3.8, 4) is 0 Å². The van der Waals surface area contributed by atoms with Gasteiger partial charge in [0.05, 0.1) is 37.7 Å². The maximum Gasteiger partial charge on any atom is 0.256 e. The van der Waals surface area contributed by atoms with Crippen molar-refractivity contribution >= 4 is 23.5 Å². The van der Waals surface area contributed by atoms with E-state index < -0.39 is 6.10 Å². The van der Waals surface area contributed by atoms with Crippen molar-refractivity contribution in [1.82, 2.24) is 0 Å². The fourth-order valence-electron chi connectivity index (χ4n) is 4.01. The Bertz CT molecular complexity index is 852. The van der Waals surface area contributed by atoms with E-state index in [-0.39, 0.29) is 12.0 Å². The van der Waals surface area contributed by atoms with Crippen molar-refractivity contribution in [3.63, 3.8) is 0 Å². The molecule has 7 heteroatoms. The number of fused-ring (bicyclic) bond motifs is 1. The molecule has 1 aromatic carbocycles. The predicted molar refractivity (Wildman–Crippen MR) is 117 cm³/mol. The quantitative estimate of drug-likeness (QED) is 0.767. The Hall–Kier alpha value is -2.48. The highest BCUT2D eigenvalue weighted by molar-refractivity contribution is 6.01. The van der Waals surface area contributed by atoms with Crippen LogP contribution in [-0.2, 0) is 19.0 Å². The van der Waals surface area contributed by atoms with E-state index in [1.54, 1.807) is 17.2 Å². The molecule has 0 aliphatic carbocycles. The smallest absolute Gasteiger partial charge is 0.256 e. The van der Waals surface area contributed by atoms with Gasteiger partial charge in [-0.05, 0) is 43.9 Å². The molecule has 1 N–H and O–H groups in total. The fraction of sp³-hybridized carbons (Fsp3) is 0.478. The standard InChI is InChI=1S/C23H29N3O4/c1-3-16-14-26(23(27)20-7-5-6-10-29-20)19-13-17(21-15-28-11-12-30-21)8-9-18(19)25-22(16)24-4-2/h3-4,8-9,13,20-21,25H,1,5-7,10-12,14-15H2,2H3/b24-4-/t20-,21?/m1/s1. The summed E-state index contributed by atoms with van der Waals surface area (Å²) in [5.41, 5.74) is 3.45. The van der Waals surface area contributed by atoms with E-state index in [0.717, 1.165) is 41.8 Å². The Morgan fingerprint density at radius 1 is 1.27 bits per heavy atom. The largest absolute Gasteiger partial charge is 0.376 e. The zero-order valence-electron chi connectivity index (χ0n) is 17.4. The third-order valence-electron chi connectivity index (χ3n) is 5.61. The molecular formula is C23H29N3O4. The van der Waals surface area contributed by atoms with Gasteiger partial charge in [-0.3, -0.25) is 4.79 Å². The summed E-state index contributed by atoms with van der Waals surface area (Å²) in [4.78, 5) is 19.8. The fourth-order valence-corrected chi connectivity index (χ4v) is 4.01. The summed E-state index contributed by atoms with van der Waals surface area (Å²) in [5, 5.41) is 3.38. The molecule has 0 aromatic heterocycles. The average Bonchev–Trinajstić information content (AvgIpc) is 2.96. The van der Waals surface area contributed by atoms with E-state index in [1.807, 2.05) is 25.1 Å². The normalized spacial score (nSPS) is 24.9. The van der Waals surface area contributed by atoms with Gasteiger partial charge in [0.25, 0.3) is 5.91 Å². The number of amides is 1. The minimum atomic E-state index is -0.424. The maximum atomic E-state index is 13.5. The van der Waals surface area contributed by atoms with Gasteiger partial charge < -0.3 is 24.4 Å². The third-order valence-corrected chi connectivity index (χ3v) is 5.61. The minimum Gasteiger partial charge on any atom is -0.376 e. The van der Waals surface area contributed by atoms with Crippen LogP contribution in [-0.4, -0.2) is 51.2 Å². The summed E-state index contributed by atoms with van der Waals surface area (Å²) in [6.07, 6.45) is 5.65. The van der Waals surface area contributed by atoms with E-state index in [4.69, 9.17) is 14.2 Å². The van der Waals surface area contributed by atoms with Gasteiger partial charge in [-0.2, -0.15) is 0 Å². The Labute approximate surface area is 177 Å². The van der Waals surface area contributed by atoms with Gasteiger partial charge in [0.1, 0.15) is 18.0 Å². The lowest BCUT2D eigenvalue weighted by molar-refractivity contribution is -0.132. The van der Waals surface area contributed by atoms with E-state index >= 15 is 0 Å². The van der Waals surface area contributed by atoms with Gasteiger partial charge in [-0.1, -0.05) is 18.7 Å². The Morgan fingerprint density at radius 3 is 2.87 bits per heavy atom. The molecule has 0 saturated carbocycles. The maximum absolute atomic E-state index is 13.5. The Kier molecular flexibility index (Phi) is 6.62. The highest BCUT2D eigenvalue weighted by atomic mass is 16.6. The van der Waals surface area contributed by atoms with Gasteiger partial charge in [0, 0.05) is 18.4 Å². The molecule has 2 fully saturated rings. The number of anilines is 2. The van der Waals surface area contributed by atoms with Crippen molar-refractivity contribution in [2.75, 3.05) is 43.2 Å². The van der Waals surface area contributed by atoms with Crippen LogP contribution in [0.1, 0.15) is 37.9 Å². The molecule has 1 aromatic rings. The van der Waals surface area contributed by atoms with Crippen LogP contribution in [0.25, 0.3) is 0 Å². The molecule has 0 bridgehead atoms. The van der Waals surface area contributed by atoms with Crippen LogP contribution in [0.3, 0.4) is 0 Å². The minimum absolute atomic E-state index is 0.0307. The van der Waals surface area contributed by atoms with Crippen molar-refractivity contribution in [1.29, 1.82) is 0 Å². The number of hydrogen-bond acceptors (Lipinski definition) is 6. The molecule has 7 nitrogen and oxygen atoms in total. The van der Waals surface area contributed by atoms with E-state index in [2.05, 4.69) is 16.9 Å². The molecule has 3 aliphatic heterocycles. The van der Waals surface area contributed by atoms with E-state index in [9.17, 15) is 4.79 Å². The second-order valence-electron chi connectivity index (χ2n) is 7.58. The zero-order valence-corrected chi connectivity index (χ0v) is 17.4. The molecule has 160 valence electrons. The number of carbonyl (C=O) groups is 1. The van der Waals surface area contributed by atoms with Gasteiger partial charge in [0.15, 0.2) is 0 Å². The zero-order chi connectivity index (χ0) is 20.9. The molecule has 1 amide bonds. The van der Waals surface area contributed by atoms with Gasteiger partial charge in [-0.25, -0.2) is 4.99 Å². The number of nitrogens with zero attached hydrogens (tertiary/aromatic N) is 2. The molecule has 2 saturated heterocycles. The lowest BCUT2D eigenvalue weighted by Gasteiger charge is -2.31. The Morgan fingerprint density at radius 2 is 2.17 bits per heavy atom. The van der Waals surface area contributed by atoms with E-state index in [0.29, 0.717) is 38.8 Å². The first-order valence-corrected chi connectivity index (χ1v) is 10.6. The first-order chi connectivity index (χ1) is 14.7. The lowest BCUT2D eigenvalue weighted by Crippen LogP contribution is -2.43. The molecule has 0 radical (unpaired) electrons. The van der Waals surface area contributed by atoms with Gasteiger partial charge in [0.2, 0.25) is 0 Å². The van der Waals surface area contributed by atoms with E-state index in [1.165, 1.54) is 0 Å².